The molecule has 57 heavy (non-hydrogen) atoms. The van der Waals surface area contributed by atoms with E-state index >= 15 is 0 Å². The Hall–Kier alpha value is -7.62. The molecule has 0 unspecified atom stereocenters. The lowest BCUT2D eigenvalue weighted by Gasteiger charge is -2.11. The van der Waals surface area contributed by atoms with E-state index in [-0.39, 0.29) is 0 Å². The van der Waals surface area contributed by atoms with Gasteiger partial charge in [0.15, 0.2) is 0 Å². The van der Waals surface area contributed by atoms with Crippen molar-refractivity contribution >= 4 is 65.6 Å². The third kappa shape index (κ3) is 4.99. The lowest BCUT2D eigenvalue weighted by atomic mass is 9.99. The van der Waals surface area contributed by atoms with Crippen molar-refractivity contribution in [2.75, 3.05) is 0 Å². The van der Waals surface area contributed by atoms with Crippen molar-refractivity contribution in [3.05, 3.63) is 206 Å². The standard InChI is InChI=1S/C54H34N2O/c1-3-12-35(13-4-1)37-16-11-17-41(30-37)55-51-26-22-38(36-14-5-2-6-15-36)31-46(51)47-33-40(24-28-52(47)55)39-23-27-50-45(32-39)43-18-7-9-20-49(43)56(50)42-25-29-54-48(34-42)44-19-8-10-21-53(44)57-54/h1-34H. The second-order valence-corrected chi connectivity index (χ2v) is 14.9. The molecule has 0 amide bonds. The van der Waals surface area contributed by atoms with Gasteiger partial charge in [-0.25, -0.2) is 0 Å². The minimum Gasteiger partial charge on any atom is -0.456 e. The number of hydrogen-bond donors (Lipinski definition) is 0. The van der Waals surface area contributed by atoms with Crippen molar-refractivity contribution in [3.8, 4) is 44.8 Å². The van der Waals surface area contributed by atoms with Crippen LogP contribution >= 0.6 is 0 Å². The van der Waals surface area contributed by atoms with E-state index in [4.69, 9.17) is 4.42 Å². The van der Waals surface area contributed by atoms with Crippen LogP contribution in [-0.4, -0.2) is 9.13 Å². The Labute approximate surface area is 328 Å². The lowest BCUT2D eigenvalue weighted by Crippen LogP contribution is -1.94. The Morgan fingerprint density at radius 1 is 0.246 bits per heavy atom. The van der Waals surface area contributed by atoms with Crippen molar-refractivity contribution < 1.29 is 4.42 Å². The fraction of sp³-hybridized carbons (Fsp3) is 0. The van der Waals surface area contributed by atoms with Crippen LogP contribution in [0.2, 0.25) is 0 Å². The Balaban J connectivity index is 1.05. The second-order valence-electron chi connectivity index (χ2n) is 14.9. The van der Waals surface area contributed by atoms with Gasteiger partial charge in [0, 0.05) is 43.7 Å². The van der Waals surface area contributed by atoms with E-state index in [1.54, 1.807) is 0 Å². The number of hydrogen-bond acceptors (Lipinski definition) is 1. The topological polar surface area (TPSA) is 23.0 Å². The Kier molecular flexibility index (Phi) is 6.93. The maximum atomic E-state index is 6.19. The van der Waals surface area contributed by atoms with Gasteiger partial charge < -0.3 is 13.6 Å². The monoisotopic (exact) mass is 726 g/mol. The summed E-state index contributed by atoms with van der Waals surface area (Å²) in [6, 6.07) is 74.6. The quantitative estimate of drug-likeness (QED) is 0.173. The zero-order valence-corrected chi connectivity index (χ0v) is 30.9. The molecule has 12 rings (SSSR count). The zero-order chi connectivity index (χ0) is 37.5. The third-order valence-electron chi connectivity index (χ3n) is 11.7. The first-order valence-corrected chi connectivity index (χ1v) is 19.5. The molecule has 0 saturated heterocycles. The van der Waals surface area contributed by atoms with E-state index in [9.17, 15) is 0 Å². The highest BCUT2D eigenvalue weighted by Gasteiger charge is 2.18. The smallest absolute Gasteiger partial charge is 0.135 e. The first-order valence-electron chi connectivity index (χ1n) is 19.5. The zero-order valence-electron chi connectivity index (χ0n) is 30.9. The molecule has 3 aromatic heterocycles. The van der Waals surface area contributed by atoms with E-state index in [1.807, 2.05) is 12.1 Å². The molecular formula is C54H34N2O. The third-order valence-corrected chi connectivity index (χ3v) is 11.7. The van der Waals surface area contributed by atoms with Crippen molar-refractivity contribution in [3.63, 3.8) is 0 Å². The summed E-state index contributed by atoms with van der Waals surface area (Å²) in [5.41, 5.74) is 16.0. The molecule has 0 bridgehead atoms. The van der Waals surface area contributed by atoms with Crippen molar-refractivity contribution in [2.45, 2.75) is 0 Å². The van der Waals surface area contributed by atoms with Crippen LogP contribution < -0.4 is 0 Å². The van der Waals surface area contributed by atoms with Crippen LogP contribution in [0.1, 0.15) is 0 Å². The van der Waals surface area contributed by atoms with Crippen LogP contribution in [0, 0.1) is 0 Å². The average molecular weight is 727 g/mol. The first-order chi connectivity index (χ1) is 28.2. The van der Waals surface area contributed by atoms with Crippen LogP contribution in [0.15, 0.2) is 211 Å². The van der Waals surface area contributed by atoms with E-state index in [0.29, 0.717) is 0 Å². The molecule has 0 atom stereocenters. The molecule has 3 heteroatoms. The molecule has 3 heterocycles. The lowest BCUT2D eigenvalue weighted by molar-refractivity contribution is 0.669. The molecular weight excluding hydrogens is 693 g/mol. The number of benzene rings is 9. The van der Waals surface area contributed by atoms with E-state index in [1.165, 1.54) is 77.0 Å². The number of nitrogens with zero attached hydrogens (tertiary/aromatic N) is 2. The average Bonchev–Trinajstić information content (AvgIpc) is 3.93. The predicted molar refractivity (Wildman–Crippen MR) is 239 cm³/mol. The van der Waals surface area contributed by atoms with Gasteiger partial charge in [-0.3, -0.25) is 0 Å². The van der Waals surface area contributed by atoms with E-state index in [0.717, 1.165) is 33.3 Å². The van der Waals surface area contributed by atoms with Gasteiger partial charge in [-0.1, -0.05) is 127 Å². The highest BCUT2D eigenvalue weighted by Crippen LogP contribution is 2.40. The number of aromatic nitrogens is 2. The molecule has 12 aromatic rings. The van der Waals surface area contributed by atoms with Crippen molar-refractivity contribution in [1.82, 2.24) is 9.13 Å². The van der Waals surface area contributed by atoms with Gasteiger partial charge >= 0.3 is 0 Å². The van der Waals surface area contributed by atoms with Gasteiger partial charge in [0.05, 0.1) is 22.1 Å². The SMILES string of the molecule is c1ccc(-c2cccc(-n3c4ccc(-c5ccccc5)cc4c4cc(-c5ccc6c(c5)c5ccccc5n6-c5ccc6oc7ccccc7c6c5)ccc43)c2)cc1. The maximum Gasteiger partial charge on any atom is 0.135 e. The molecule has 0 radical (unpaired) electrons. The summed E-state index contributed by atoms with van der Waals surface area (Å²) in [6.45, 7) is 0. The van der Waals surface area contributed by atoms with Gasteiger partial charge in [0.25, 0.3) is 0 Å². The normalized spacial score (nSPS) is 11.9. The van der Waals surface area contributed by atoms with Gasteiger partial charge in [-0.05, 0) is 112 Å². The molecule has 3 nitrogen and oxygen atoms in total. The summed E-state index contributed by atoms with van der Waals surface area (Å²) in [7, 11) is 0. The summed E-state index contributed by atoms with van der Waals surface area (Å²) in [5, 5.41) is 7.18. The van der Waals surface area contributed by atoms with Gasteiger partial charge in [0.1, 0.15) is 11.2 Å². The molecule has 266 valence electrons. The Morgan fingerprint density at radius 3 is 1.35 bits per heavy atom. The number of para-hydroxylation sites is 2. The first kappa shape index (κ1) is 31.7. The van der Waals surface area contributed by atoms with Crippen LogP contribution in [0.25, 0.3) is 110 Å². The van der Waals surface area contributed by atoms with Gasteiger partial charge in [-0.2, -0.15) is 0 Å². The maximum absolute atomic E-state index is 6.19. The Morgan fingerprint density at radius 2 is 0.702 bits per heavy atom. The summed E-state index contributed by atoms with van der Waals surface area (Å²) >= 11 is 0. The van der Waals surface area contributed by atoms with Gasteiger partial charge in [0.2, 0.25) is 0 Å². The highest BCUT2D eigenvalue weighted by molar-refractivity contribution is 6.14. The van der Waals surface area contributed by atoms with Crippen LogP contribution in [0.3, 0.4) is 0 Å². The molecule has 0 fully saturated rings. The molecule has 0 aliphatic rings. The van der Waals surface area contributed by atoms with Gasteiger partial charge in [-0.15, -0.1) is 0 Å². The number of rotatable bonds is 5. The second kappa shape index (κ2) is 12.5. The predicted octanol–water partition coefficient (Wildman–Crippen LogP) is 14.8. The van der Waals surface area contributed by atoms with E-state index < -0.39 is 0 Å². The largest absolute Gasteiger partial charge is 0.456 e. The minimum absolute atomic E-state index is 0.902. The van der Waals surface area contributed by atoms with E-state index in [2.05, 4.69) is 203 Å². The van der Waals surface area contributed by atoms with Crippen LogP contribution in [0.5, 0.6) is 0 Å². The highest BCUT2D eigenvalue weighted by atomic mass is 16.3. The minimum atomic E-state index is 0.902. The summed E-state index contributed by atoms with van der Waals surface area (Å²) in [6.07, 6.45) is 0. The summed E-state index contributed by atoms with van der Waals surface area (Å²) < 4.78 is 11.0. The van der Waals surface area contributed by atoms with Crippen molar-refractivity contribution in [1.29, 1.82) is 0 Å². The molecule has 9 aromatic carbocycles. The number of fused-ring (bicyclic) bond motifs is 9. The molecule has 0 aliphatic carbocycles. The number of furan rings is 1. The fourth-order valence-electron chi connectivity index (χ4n) is 9.03. The molecule has 0 spiro atoms. The fourth-order valence-corrected chi connectivity index (χ4v) is 9.03. The molecule has 0 N–H and O–H groups in total. The Bertz CT molecular complexity index is 3510. The summed E-state index contributed by atoms with van der Waals surface area (Å²) in [4.78, 5) is 0. The van der Waals surface area contributed by atoms with Crippen LogP contribution in [0.4, 0.5) is 0 Å². The summed E-state index contributed by atoms with van der Waals surface area (Å²) in [5.74, 6) is 0. The molecule has 0 aliphatic heterocycles. The molecule has 0 saturated carbocycles. The van der Waals surface area contributed by atoms with Crippen molar-refractivity contribution in [2.24, 2.45) is 0 Å². The van der Waals surface area contributed by atoms with Crippen LogP contribution in [-0.2, 0) is 0 Å².